The lowest BCUT2D eigenvalue weighted by atomic mass is 9.87. The molecule has 1 saturated carbocycles. The first-order valence-electron chi connectivity index (χ1n) is 9.03. The molecule has 0 amide bonds. The summed E-state index contributed by atoms with van der Waals surface area (Å²) in [5, 5.41) is 8.75. The third kappa shape index (κ3) is 3.73. The maximum Gasteiger partial charge on any atom is 0.127 e. The Morgan fingerprint density at radius 1 is 0.960 bits per heavy atom. The Bertz CT molecular complexity index is 811. The highest BCUT2D eigenvalue weighted by Gasteiger charge is 2.21. The van der Waals surface area contributed by atoms with Crippen molar-refractivity contribution in [2.75, 3.05) is 0 Å². The molecule has 1 fully saturated rings. The van der Waals surface area contributed by atoms with Crippen LogP contribution in [-0.2, 0) is 0 Å². The zero-order chi connectivity index (χ0) is 17.1. The van der Waals surface area contributed by atoms with Gasteiger partial charge in [0.2, 0.25) is 0 Å². The molecule has 0 saturated heterocycles. The molecular weight excluding hydrogens is 310 g/mol. The van der Waals surface area contributed by atoms with Gasteiger partial charge in [0.15, 0.2) is 0 Å². The Morgan fingerprint density at radius 3 is 2.48 bits per heavy atom. The number of hydrogen-bond donors (Lipinski definition) is 0. The van der Waals surface area contributed by atoms with Crippen molar-refractivity contribution < 1.29 is 4.74 Å². The van der Waals surface area contributed by atoms with Gasteiger partial charge in [0.05, 0.1) is 12.2 Å². The molecule has 2 unspecified atom stereocenters. The minimum absolute atomic E-state index is 0.491. The van der Waals surface area contributed by atoms with Gasteiger partial charge in [0.25, 0.3) is 0 Å². The number of benzene rings is 2. The van der Waals surface area contributed by atoms with Crippen molar-refractivity contribution in [2.24, 2.45) is 5.92 Å². The summed E-state index contributed by atoms with van der Waals surface area (Å²) in [6.07, 6.45) is 7.10. The van der Waals surface area contributed by atoms with Crippen LogP contribution < -0.4 is 4.74 Å². The SMILES string of the molecule is CC1CCCC(n2cc(-c3ccc(Oc4ccccc4)cc3)nn2)C1. The normalized spacial score (nSPS) is 20.4. The highest BCUT2D eigenvalue weighted by atomic mass is 16.5. The third-order valence-electron chi connectivity index (χ3n) is 4.92. The van der Waals surface area contributed by atoms with Gasteiger partial charge < -0.3 is 4.74 Å². The molecule has 128 valence electrons. The standard InChI is InChI=1S/C21H23N3O/c1-16-6-5-7-18(14-16)24-15-21(22-23-24)17-10-12-20(13-11-17)25-19-8-3-2-4-9-19/h2-4,8-13,15-16,18H,5-7,14H2,1H3. The molecule has 1 aliphatic rings. The Hall–Kier alpha value is -2.62. The average Bonchev–Trinajstić information content (AvgIpc) is 3.13. The van der Waals surface area contributed by atoms with E-state index in [0.717, 1.165) is 28.7 Å². The van der Waals surface area contributed by atoms with Crippen molar-refractivity contribution in [3.8, 4) is 22.8 Å². The van der Waals surface area contributed by atoms with E-state index in [4.69, 9.17) is 4.74 Å². The Kier molecular flexibility index (Phi) is 4.51. The zero-order valence-electron chi connectivity index (χ0n) is 14.5. The summed E-state index contributed by atoms with van der Waals surface area (Å²) >= 11 is 0. The van der Waals surface area contributed by atoms with Crippen LogP contribution in [0.1, 0.15) is 38.6 Å². The Morgan fingerprint density at radius 2 is 1.72 bits per heavy atom. The van der Waals surface area contributed by atoms with Crippen LogP contribution in [0.5, 0.6) is 11.5 Å². The van der Waals surface area contributed by atoms with Crippen molar-refractivity contribution >= 4 is 0 Å². The molecule has 0 radical (unpaired) electrons. The van der Waals surface area contributed by atoms with Gasteiger partial charge in [0.1, 0.15) is 17.2 Å². The van der Waals surface area contributed by atoms with E-state index in [9.17, 15) is 0 Å². The molecule has 1 aromatic heterocycles. The van der Waals surface area contributed by atoms with Crippen molar-refractivity contribution in [1.82, 2.24) is 15.0 Å². The molecule has 0 aliphatic heterocycles. The van der Waals surface area contributed by atoms with Gasteiger partial charge in [-0.15, -0.1) is 5.10 Å². The van der Waals surface area contributed by atoms with Gasteiger partial charge in [-0.25, -0.2) is 4.68 Å². The number of hydrogen-bond acceptors (Lipinski definition) is 3. The number of ether oxygens (including phenoxy) is 1. The molecule has 0 spiro atoms. The smallest absolute Gasteiger partial charge is 0.127 e. The van der Waals surface area contributed by atoms with Gasteiger partial charge in [-0.1, -0.05) is 43.2 Å². The molecule has 4 heteroatoms. The largest absolute Gasteiger partial charge is 0.457 e. The Balaban J connectivity index is 1.47. The monoisotopic (exact) mass is 333 g/mol. The predicted octanol–water partition coefficient (Wildman–Crippen LogP) is 5.49. The fourth-order valence-corrected chi connectivity index (χ4v) is 3.55. The maximum absolute atomic E-state index is 5.84. The van der Waals surface area contributed by atoms with E-state index >= 15 is 0 Å². The van der Waals surface area contributed by atoms with Crippen LogP contribution in [0.2, 0.25) is 0 Å². The van der Waals surface area contributed by atoms with Gasteiger partial charge >= 0.3 is 0 Å². The number of para-hydroxylation sites is 1. The molecular formula is C21H23N3O. The van der Waals surface area contributed by atoms with Gasteiger partial charge in [-0.2, -0.15) is 0 Å². The summed E-state index contributed by atoms with van der Waals surface area (Å²) in [4.78, 5) is 0. The van der Waals surface area contributed by atoms with Crippen molar-refractivity contribution in [2.45, 2.75) is 38.6 Å². The number of rotatable bonds is 4. The van der Waals surface area contributed by atoms with Crippen molar-refractivity contribution in [3.05, 3.63) is 60.8 Å². The average molecular weight is 333 g/mol. The highest BCUT2D eigenvalue weighted by molar-refractivity contribution is 5.58. The lowest BCUT2D eigenvalue weighted by molar-refractivity contribution is 0.263. The summed E-state index contributed by atoms with van der Waals surface area (Å²) in [7, 11) is 0. The molecule has 2 atom stereocenters. The fourth-order valence-electron chi connectivity index (χ4n) is 3.55. The molecule has 2 aromatic carbocycles. The molecule has 4 nitrogen and oxygen atoms in total. The summed E-state index contributed by atoms with van der Waals surface area (Å²) in [6, 6.07) is 18.3. The minimum atomic E-state index is 0.491. The van der Waals surface area contributed by atoms with Crippen LogP contribution in [0, 0.1) is 5.92 Å². The topological polar surface area (TPSA) is 39.9 Å². The van der Waals surface area contributed by atoms with Crippen molar-refractivity contribution in [3.63, 3.8) is 0 Å². The second-order valence-corrected chi connectivity index (χ2v) is 6.95. The van der Waals surface area contributed by atoms with E-state index in [2.05, 4.69) is 28.1 Å². The molecule has 4 rings (SSSR count). The van der Waals surface area contributed by atoms with Gasteiger partial charge in [-0.05, 0) is 55.2 Å². The molecule has 1 heterocycles. The van der Waals surface area contributed by atoms with Crippen LogP contribution in [-0.4, -0.2) is 15.0 Å². The fraction of sp³-hybridized carbons (Fsp3) is 0.333. The van der Waals surface area contributed by atoms with Gasteiger partial charge in [-0.3, -0.25) is 0 Å². The first-order chi connectivity index (χ1) is 12.3. The van der Waals surface area contributed by atoms with Crippen LogP contribution >= 0.6 is 0 Å². The second kappa shape index (κ2) is 7.09. The zero-order valence-corrected chi connectivity index (χ0v) is 14.5. The summed E-state index contributed by atoms with van der Waals surface area (Å²) in [5.41, 5.74) is 1.99. The van der Waals surface area contributed by atoms with E-state index in [1.807, 2.05) is 54.6 Å². The number of aromatic nitrogens is 3. The van der Waals surface area contributed by atoms with E-state index in [-0.39, 0.29) is 0 Å². The maximum atomic E-state index is 5.84. The summed E-state index contributed by atoms with van der Waals surface area (Å²) in [5.74, 6) is 2.44. The van der Waals surface area contributed by atoms with E-state index < -0.39 is 0 Å². The van der Waals surface area contributed by atoms with E-state index in [1.165, 1.54) is 25.7 Å². The van der Waals surface area contributed by atoms with Crippen LogP contribution in [0.15, 0.2) is 60.8 Å². The van der Waals surface area contributed by atoms with Crippen LogP contribution in [0.25, 0.3) is 11.3 Å². The molecule has 1 aliphatic carbocycles. The van der Waals surface area contributed by atoms with Crippen LogP contribution in [0.4, 0.5) is 0 Å². The van der Waals surface area contributed by atoms with Crippen molar-refractivity contribution in [1.29, 1.82) is 0 Å². The van der Waals surface area contributed by atoms with Gasteiger partial charge in [0, 0.05) is 5.56 Å². The lowest BCUT2D eigenvalue weighted by Gasteiger charge is -2.26. The predicted molar refractivity (Wildman–Crippen MR) is 98.6 cm³/mol. The molecule has 25 heavy (non-hydrogen) atoms. The Labute approximate surface area is 148 Å². The van der Waals surface area contributed by atoms with E-state index in [0.29, 0.717) is 6.04 Å². The lowest BCUT2D eigenvalue weighted by Crippen LogP contribution is -2.18. The quantitative estimate of drug-likeness (QED) is 0.634. The summed E-state index contributed by atoms with van der Waals surface area (Å²) in [6.45, 7) is 2.33. The second-order valence-electron chi connectivity index (χ2n) is 6.95. The first kappa shape index (κ1) is 15.9. The molecule has 3 aromatic rings. The third-order valence-corrected chi connectivity index (χ3v) is 4.92. The van der Waals surface area contributed by atoms with E-state index in [1.54, 1.807) is 0 Å². The first-order valence-corrected chi connectivity index (χ1v) is 9.03. The molecule has 0 bridgehead atoms. The number of nitrogens with zero attached hydrogens (tertiary/aromatic N) is 3. The highest BCUT2D eigenvalue weighted by Crippen LogP contribution is 2.32. The summed E-state index contributed by atoms with van der Waals surface area (Å²) < 4.78 is 7.90. The minimum Gasteiger partial charge on any atom is -0.457 e. The van der Waals surface area contributed by atoms with Crippen LogP contribution in [0.3, 0.4) is 0 Å². The molecule has 0 N–H and O–H groups in total.